The van der Waals surface area contributed by atoms with Crippen molar-refractivity contribution in [2.75, 3.05) is 38.2 Å². The van der Waals surface area contributed by atoms with E-state index in [-0.39, 0.29) is 0 Å². The molecule has 1 aromatic rings. The summed E-state index contributed by atoms with van der Waals surface area (Å²) in [6, 6.07) is 10.6. The van der Waals surface area contributed by atoms with Gasteiger partial charge >= 0.3 is 0 Å². The number of para-hydroxylation sites is 1. The SMILES string of the molecule is CCNC(=NCC(Nc1ccccc1)C(C)C)NCCCOCC. The van der Waals surface area contributed by atoms with Gasteiger partial charge in [-0.05, 0) is 38.3 Å². The van der Waals surface area contributed by atoms with Crippen molar-refractivity contribution in [1.82, 2.24) is 10.6 Å². The highest BCUT2D eigenvalue weighted by Gasteiger charge is 2.13. The van der Waals surface area contributed by atoms with Crippen LogP contribution in [0.2, 0.25) is 0 Å². The van der Waals surface area contributed by atoms with Gasteiger partial charge in [-0.2, -0.15) is 0 Å². The zero-order valence-corrected chi connectivity index (χ0v) is 15.6. The lowest BCUT2D eigenvalue weighted by Crippen LogP contribution is -2.39. The molecule has 0 saturated heterocycles. The molecule has 24 heavy (non-hydrogen) atoms. The Bertz CT molecular complexity index is 448. The molecule has 5 nitrogen and oxygen atoms in total. The first-order valence-electron chi connectivity index (χ1n) is 9.08. The molecule has 3 N–H and O–H groups in total. The van der Waals surface area contributed by atoms with E-state index in [1.165, 1.54) is 0 Å². The third kappa shape index (κ3) is 8.77. The van der Waals surface area contributed by atoms with Crippen molar-refractivity contribution < 1.29 is 4.74 Å². The van der Waals surface area contributed by atoms with Crippen molar-refractivity contribution in [3.63, 3.8) is 0 Å². The zero-order valence-electron chi connectivity index (χ0n) is 15.6. The molecule has 0 aliphatic heterocycles. The van der Waals surface area contributed by atoms with Crippen LogP contribution in [0.4, 0.5) is 5.69 Å². The molecule has 0 spiro atoms. The van der Waals surface area contributed by atoms with Crippen molar-refractivity contribution in [3.05, 3.63) is 30.3 Å². The van der Waals surface area contributed by atoms with E-state index in [9.17, 15) is 0 Å². The van der Waals surface area contributed by atoms with E-state index in [1.807, 2.05) is 25.1 Å². The molecule has 0 aliphatic carbocycles. The number of aliphatic imine (C=N–C) groups is 1. The van der Waals surface area contributed by atoms with Gasteiger partial charge in [0.15, 0.2) is 5.96 Å². The summed E-state index contributed by atoms with van der Waals surface area (Å²) in [6.45, 7) is 12.6. The summed E-state index contributed by atoms with van der Waals surface area (Å²) in [4.78, 5) is 4.74. The Labute approximate surface area is 147 Å². The molecule has 0 aliphatic rings. The second kappa shape index (κ2) is 12.6. The number of rotatable bonds is 11. The van der Waals surface area contributed by atoms with Crippen LogP contribution in [-0.4, -0.2) is 44.8 Å². The topological polar surface area (TPSA) is 57.7 Å². The van der Waals surface area contributed by atoms with Crippen LogP contribution in [0, 0.1) is 5.92 Å². The molecule has 1 rings (SSSR count). The van der Waals surface area contributed by atoms with Crippen LogP contribution in [-0.2, 0) is 4.74 Å². The van der Waals surface area contributed by atoms with Crippen LogP contribution in [0.25, 0.3) is 0 Å². The summed E-state index contributed by atoms with van der Waals surface area (Å²) in [5.41, 5.74) is 1.14. The van der Waals surface area contributed by atoms with Crippen molar-refractivity contribution in [2.45, 2.75) is 40.2 Å². The minimum absolute atomic E-state index is 0.297. The van der Waals surface area contributed by atoms with E-state index in [0.717, 1.165) is 50.9 Å². The summed E-state index contributed by atoms with van der Waals surface area (Å²) >= 11 is 0. The monoisotopic (exact) mass is 334 g/mol. The Hall–Kier alpha value is -1.75. The lowest BCUT2D eigenvalue weighted by molar-refractivity contribution is 0.145. The van der Waals surface area contributed by atoms with E-state index in [2.05, 4.69) is 48.9 Å². The predicted molar refractivity (Wildman–Crippen MR) is 104 cm³/mol. The maximum Gasteiger partial charge on any atom is 0.191 e. The molecule has 1 unspecified atom stereocenters. The molecular weight excluding hydrogens is 300 g/mol. The van der Waals surface area contributed by atoms with Gasteiger partial charge in [-0.3, -0.25) is 4.99 Å². The van der Waals surface area contributed by atoms with Crippen LogP contribution in [0.15, 0.2) is 35.3 Å². The summed E-state index contributed by atoms with van der Waals surface area (Å²) in [5, 5.41) is 10.2. The molecule has 1 aromatic carbocycles. The maximum absolute atomic E-state index is 5.36. The second-order valence-corrected chi connectivity index (χ2v) is 6.06. The molecule has 136 valence electrons. The zero-order chi connectivity index (χ0) is 17.6. The Kier molecular flexibility index (Phi) is 10.7. The van der Waals surface area contributed by atoms with Crippen LogP contribution in [0.5, 0.6) is 0 Å². The van der Waals surface area contributed by atoms with Crippen molar-refractivity contribution in [2.24, 2.45) is 10.9 Å². The Morgan fingerprint density at radius 2 is 1.88 bits per heavy atom. The largest absolute Gasteiger partial charge is 0.382 e. The first kappa shape index (κ1) is 20.3. The third-order valence-corrected chi connectivity index (χ3v) is 3.68. The molecule has 0 saturated carbocycles. The fraction of sp³-hybridized carbons (Fsp3) is 0.632. The summed E-state index contributed by atoms with van der Waals surface area (Å²) in [7, 11) is 0. The minimum atomic E-state index is 0.297. The van der Waals surface area contributed by atoms with Gasteiger partial charge in [-0.1, -0.05) is 32.0 Å². The number of hydrogen-bond donors (Lipinski definition) is 3. The molecule has 0 radical (unpaired) electrons. The highest BCUT2D eigenvalue weighted by molar-refractivity contribution is 5.79. The average Bonchev–Trinajstić information content (AvgIpc) is 2.58. The first-order chi connectivity index (χ1) is 11.7. The number of benzene rings is 1. The van der Waals surface area contributed by atoms with Gasteiger partial charge < -0.3 is 20.7 Å². The van der Waals surface area contributed by atoms with Gasteiger partial charge in [0, 0.05) is 38.0 Å². The molecule has 0 fully saturated rings. The number of ether oxygens (including phenoxy) is 1. The number of nitrogens with zero attached hydrogens (tertiary/aromatic N) is 1. The molecule has 5 heteroatoms. The number of nitrogens with one attached hydrogen (secondary N) is 3. The lowest BCUT2D eigenvalue weighted by Gasteiger charge is -2.22. The van der Waals surface area contributed by atoms with Gasteiger partial charge in [0.1, 0.15) is 0 Å². The number of hydrogen-bond acceptors (Lipinski definition) is 3. The summed E-state index contributed by atoms with van der Waals surface area (Å²) < 4.78 is 5.36. The Morgan fingerprint density at radius 1 is 1.12 bits per heavy atom. The summed E-state index contributed by atoms with van der Waals surface area (Å²) in [6.07, 6.45) is 0.980. The lowest BCUT2D eigenvalue weighted by atomic mass is 10.0. The minimum Gasteiger partial charge on any atom is -0.382 e. The standard InChI is InChI=1S/C19H34N4O/c1-5-20-19(21-13-10-14-24-6-2)22-15-18(16(3)4)23-17-11-8-7-9-12-17/h7-9,11-12,16,18,23H,5-6,10,13-15H2,1-4H3,(H2,20,21,22). The highest BCUT2D eigenvalue weighted by atomic mass is 16.5. The van der Waals surface area contributed by atoms with E-state index in [0.29, 0.717) is 12.0 Å². The predicted octanol–water partition coefficient (Wildman–Crippen LogP) is 3.10. The normalized spacial score (nSPS) is 13.0. The van der Waals surface area contributed by atoms with Crippen LogP contribution < -0.4 is 16.0 Å². The van der Waals surface area contributed by atoms with Gasteiger partial charge in [0.05, 0.1) is 6.54 Å². The highest BCUT2D eigenvalue weighted by Crippen LogP contribution is 2.12. The van der Waals surface area contributed by atoms with E-state index < -0.39 is 0 Å². The van der Waals surface area contributed by atoms with Crippen molar-refractivity contribution in [1.29, 1.82) is 0 Å². The molecular formula is C19H34N4O. The Morgan fingerprint density at radius 3 is 2.50 bits per heavy atom. The fourth-order valence-electron chi connectivity index (χ4n) is 2.23. The van der Waals surface area contributed by atoms with Crippen LogP contribution in [0.1, 0.15) is 34.1 Å². The number of guanidine groups is 1. The fourth-order valence-corrected chi connectivity index (χ4v) is 2.23. The maximum atomic E-state index is 5.36. The summed E-state index contributed by atoms with van der Waals surface area (Å²) in [5.74, 6) is 1.37. The van der Waals surface area contributed by atoms with Crippen molar-refractivity contribution >= 4 is 11.6 Å². The van der Waals surface area contributed by atoms with E-state index in [4.69, 9.17) is 9.73 Å². The molecule has 0 bridgehead atoms. The second-order valence-electron chi connectivity index (χ2n) is 6.06. The average molecular weight is 335 g/mol. The van der Waals surface area contributed by atoms with E-state index >= 15 is 0 Å². The van der Waals surface area contributed by atoms with Gasteiger partial charge in [-0.25, -0.2) is 0 Å². The third-order valence-electron chi connectivity index (χ3n) is 3.68. The van der Waals surface area contributed by atoms with E-state index in [1.54, 1.807) is 0 Å². The quantitative estimate of drug-likeness (QED) is 0.331. The molecule has 0 heterocycles. The molecule has 0 amide bonds. The van der Waals surface area contributed by atoms with Gasteiger partial charge in [0.2, 0.25) is 0 Å². The van der Waals surface area contributed by atoms with Crippen LogP contribution in [0.3, 0.4) is 0 Å². The van der Waals surface area contributed by atoms with Crippen molar-refractivity contribution in [3.8, 4) is 0 Å². The van der Waals surface area contributed by atoms with Crippen LogP contribution >= 0.6 is 0 Å². The van der Waals surface area contributed by atoms with Gasteiger partial charge in [0.25, 0.3) is 0 Å². The Balaban J connectivity index is 2.52. The molecule has 1 atom stereocenters. The first-order valence-corrected chi connectivity index (χ1v) is 9.08. The van der Waals surface area contributed by atoms with Gasteiger partial charge in [-0.15, -0.1) is 0 Å². The molecule has 0 aromatic heterocycles. The smallest absolute Gasteiger partial charge is 0.191 e. The number of anilines is 1.